The van der Waals surface area contributed by atoms with Gasteiger partial charge in [-0.15, -0.1) is 23.4 Å². The molecule has 4 heterocycles. The monoisotopic (exact) mass is 2100 g/mol. The van der Waals surface area contributed by atoms with Crippen molar-refractivity contribution in [2.24, 2.45) is 0 Å². The van der Waals surface area contributed by atoms with Crippen molar-refractivity contribution in [3.05, 3.63) is 359 Å². The van der Waals surface area contributed by atoms with Crippen molar-refractivity contribution in [3.8, 4) is 0 Å². The maximum absolute atomic E-state index is 15.8. The lowest BCUT2D eigenvalue weighted by Gasteiger charge is -2.53. The van der Waals surface area contributed by atoms with Crippen molar-refractivity contribution in [1.82, 2.24) is 0 Å². The van der Waals surface area contributed by atoms with Crippen molar-refractivity contribution in [2.75, 3.05) is 38.6 Å². The summed E-state index contributed by atoms with van der Waals surface area (Å²) in [6, 6.07) is 73.4. The Morgan fingerprint density at radius 2 is 0.560 bits per heavy atom. The van der Waals surface area contributed by atoms with Gasteiger partial charge in [0, 0.05) is 34.6 Å². The Morgan fingerprint density at radius 3 is 0.947 bits per heavy atom. The molecule has 0 radical (unpaired) electrons. The van der Waals surface area contributed by atoms with Gasteiger partial charge in [-0.05, 0) is 121 Å². The van der Waals surface area contributed by atoms with E-state index in [-0.39, 0.29) is 50.1 Å². The van der Waals surface area contributed by atoms with Crippen LogP contribution in [-0.4, -0.2) is 268 Å². The molecular weight excluding hydrogens is 2000 g/mol. The molecule has 150 heavy (non-hydrogen) atoms. The highest BCUT2D eigenvalue weighted by molar-refractivity contribution is 7.99. The van der Waals surface area contributed by atoms with Gasteiger partial charge in [0.25, 0.3) is 0 Å². The first-order chi connectivity index (χ1) is 72.6. The van der Waals surface area contributed by atoms with Gasteiger partial charge in [0.2, 0.25) is 0 Å². The number of benzene rings is 10. The molecule has 4 fully saturated rings. The van der Waals surface area contributed by atoms with Crippen molar-refractivity contribution in [2.45, 2.75) is 182 Å². The summed E-state index contributed by atoms with van der Waals surface area (Å²) in [5, 5.41) is 0. The molecule has 0 aromatic heterocycles. The average Bonchev–Trinajstić information content (AvgIpc) is 0.742. The van der Waals surface area contributed by atoms with Crippen LogP contribution in [0.5, 0.6) is 0 Å². The average molecular weight is 2100 g/mol. The minimum atomic E-state index is -2.74. The van der Waals surface area contributed by atoms with E-state index in [1.165, 1.54) is 225 Å². The summed E-state index contributed by atoms with van der Waals surface area (Å²) in [6.45, 7) is -0.0226. The Hall–Kier alpha value is -15.4. The van der Waals surface area contributed by atoms with Crippen molar-refractivity contribution >= 4 is 113 Å². The first-order valence-corrected chi connectivity index (χ1v) is 49.0. The molecule has 0 unspecified atom stereocenters. The lowest BCUT2D eigenvalue weighted by atomic mass is 9.92. The van der Waals surface area contributed by atoms with Crippen LogP contribution in [0.3, 0.4) is 0 Å². The van der Waals surface area contributed by atoms with Crippen LogP contribution in [0.2, 0.25) is 0 Å². The van der Waals surface area contributed by atoms with E-state index in [2.05, 4.69) is 0 Å². The molecule has 0 spiro atoms. The number of hydrogen-bond donors (Lipinski definition) is 0. The predicted octanol–water partition coefficient (Wildman–Crippen LogP) is 12.4. The largest absolute Gasteiger partial charge is 0.462 e. The van der Waals surface area contributed by atoms with Gasteiger partial charge in [-0.3, -0.25) is 28.8 Å². The zero-order chi connectivity index (χ0) is 106. The molecule has 784 valence electrons. The summed E-state index contributed by atoms with van der Waals surface area (Å²) in [7, 11) is 0. The zero-order valence-corrected chi connectivity index (χ0v) is 82.8. The van der Waals surface area contributed by atoms with E-state index >= 15 is 33.6 Å². The summed E-state index contributed by atoms with van der Waals surface area (Å²) in [5.74, 6) is -18.7. The van der Waals surface area contributed by atoms with Crippen molar-refractivity contribution in [3.63, 3.8) is 0 Å². The third-order valence-electron chi connectivity index (χ3n) is 23.4. The first kappa shape index (κ1) is 110. The van der Waals surface area contributed by atoms with Crippen LogP contribution in [-0.2, 0) is 144 Å². The molecule has 4 saturated heterocycles. The Bertz CT molecular complexity index is 6240. The molecule has 0 N–H and O–H groups in total. The van der Waals surface area contributed by atoms with E-state index in [4.69, 9.17) is 121 Å². The molecule has 0 amide bonds. The van der Waals surface area contributed by atoms with Crippen molar-refractivity contribution in [1.29, 1.82) is 0 Å². The molecule has 0 bridgehead atoms. The number of alkyl halides is 1. The fourth-order valence-electron chi connectivity index (χ4n) is 16.7. The summed E-state index contributed by atoms with van der Waals surface area (Å²) in [6.07, 6.45) is -49.9. The second kappa shape index (κ2) is 54.0. The number of carbonyl (C=O) groups is 15. The minimum absolute atomic E-state index is 0.0368. The van der Waals surface area contributed by atoms with Gasteiger partial charge < -0.3 is 109 Å². The number of thioether (sulfide) groups is 1. The van der Waals surface area contributed by atoms with Gasteiger partial charge in [-0.2, -0.15) is 0 Å². The zero-order valence-electron chi connectivity index (χ0n) is 81.2. The van der Waals surface area contributed by atoms with Gasteiger partial charge in [0.1, 0.15) is 80.5 Å². The number of ether oxygens (including phenoxy) is 23. The second-order valence-electron chi connectivity index (χ2n) is 34.0. The molecule has 4 aliphatic rings. The fraction of sp³-hybridized carbons (Fsp3) is 0.318. The number of halogens is 1. The van der Waals surface area contributed by atoms with Gasteiger partial charge in [-0.25, -0.2) is 43.2 Å². The summed E-state index contributed by atoms with van der Waals surface area (Å²) >= 11 is 7.15. The standard InChI is InChI=1S/C110H103ClO38S/c1-63(112)127-59-78(132-65(3)114)86-89(146-107-94(142-105(125)76-53-33-15-34-54-76)90(140-103(123)74-49-29-13-30-50-74)83(138-101(121)72-45-25-11-26-46-72)81(137-107)62-131-99(119)70-41-21-9-22-42-70)93(97(110(149-86)150-6)129-58-68-37-17-7-18-38-68)147-109-96(91(134-67(5)116)87(133-66(4)115)84(144-109)79(60-128-64(2)113)135-82(117)57-111)148-108-95(143-106(126)77-55-35-16-36-56-77)92(141-104(124)75-51-31-14-32-52-75)88(139-102(122)73-47-27-12-28-48-73)85(145-108)80(136-100(120)71-43-23-10-24-44-71)61-130-98(118)69-39-19-8-20-40-69/h7-56,78-81,83-97,107-110H,57-62H2,1-6H3/t78-,79-,80-,81+,83+,84+,85+,86+,87+,88+,89+,90-,91-,92-,93-,94+,95-,96-,97-,107-,108+,109+,110+/m0/s1. The van der Waals surface area contributed by atoms with E-state index in [1.54, 1.807) is 84.9 Å². The first-order valence-electron chi connectivity index (χ1n) is 47.1. The molecule has 10 aromatic carbocycles. The second-order valence-corrected chi connectivity index (χ2v) is 35.2. The Morgan fingerprint density at radius 1 is 0.267 bits per heavy atom. The highest BCUT2D eigenvalue weighted by Crippen LogP contribution is 2.45. The summed E-state index contributed by atoms with van der Waals surface area (Å²) in [4.78, 5) is 222. The molecule has 0 aliphatic carbocycles. The van der Waals surface area contributed by atoms with Crippen molar-refractivity contribution < 1.29 is 181 Å². The van der Waals surface area contributed by atoms with E-state index in [9.17, 15) is 38.4 Å². The fourth-order valence-corrected chi connectivity index (χ4v) is 17.5. The molecule has 23 atom stereocenters. The highest BCUT2D eigenvalue weighted by Gasteiger charge is 2.65. The lowest BCUT2D eigenvalue weighted by Crippen LogP contribution is -2.71. The van der Waals surface area contributed by atoms with Gasteiger partial charge in [0.05, 0.1) is 56.7 Å². The quantitative estimate of drug-likeness (QED) is 0.0195. The van der Waals surface area contributed by atoms with Crippen LogP contribution < -0.4 is 0 Å². The normalized spacial score (nSPS) is 23.8. The maximum Gasteiger partial charge on any atom is 0.338 e. The van der Waals surface area contributed by atoms with Gasteiger partial charge in [0.15, 0.2) is 92.1 Å². The summed E-state index contributed by atoms with van der Waals surface area (Å²) < 4.78 is 153. The van der Waals surface area contributed by atoms with E-state index in [0.29, 0.717) is 5.56 Å². The highest BCUT2D eigenvalue weighted by atomic mass is 35.5. The Balaban J connectivity index is 1.05. The Kier molecular flexibility index (Phi) is 39.7. The van der Waals surface area contributed by atoms with Crippen LogP contribution in [0.25, 0.3) is 0 Å². The third kappa shape index (κ3) is 29.8. The van der Waals surface area contributed by atoms with Crippen LogP contribution in [0.1, 0.15) is 133 Å². The van der Waals surface area contributed by atoms with E-state index < -0.39 is 269 Å². The minimum Gasteiger partial charge on any atom is -0.462 e. The number of carbonyl (C=O) groups excluding carboxylic acids is 15. The Labute approximate surface area is 868 Å². The number of hydrogen-bond acceptors (Lipinski definition) is 39. The van der Waals surface area contributed by atoms with Crippen LogP contribution in [0, 0.1) is 0 Å². The predicted molar refractivity (Wildman–Crippen MR) is 521 cm³/mol. The molecule has 14 rings (SSSR count). The van der Waals surface area contributed by atoms with Crippen LogP contribution in [0.4, 0.5) is 0 Å². The maximum atomic E-state index is 15.8. The molecular formula is C110H103ClO38S. The lowest BCUT2D eigenvalue weighted by molar-refractivity contribution is -0.396. The van der Waals surface area contributed by atoms with Crippen LogP contribution in [0.15, 0.2) is 303 Å². The third-order valence-corrected chi connectivity index (χ3v) is 24.5. The number of rotatable bonds is 42. The summed E-state index contributed by atoms with van der Waals surface area (Å²) in [5.41, 5.74) is -2.67. The van der Waals surface area contributed by atoms with E-state index in [1.807, 2.05) is 0 Å². The molecule has 40 heteroatoms. The van der Waals surface area contributed by atoms with E-state index in [0.717, 1.165) is 46.4 Å². The molecule has 38 nitrogen and oxygen atoms in total. The SMILES string of the molecule is CS[C@H]1O[C@H]([C@H](COC(C)=O)OC(C)=O)[C@@H](O[C@@H]2O[C@H](COC(=O)c3ccccc3)[C@@H](OC(=O)c3ccccc3)[C@H](OC(=O)c3ccccc3)[C@H]2OC(=O)c2ccccc2)[C@H](O[C@H]2O[C@H]([C@H](COC(C)=O)OC(=O)CCl)[C@@H](OC(C)=O)[C@H](OC(C)=O)[C@@H]2O[C@H]2O[C@H]([C@H](COC(=O)c3ccccc3)OC(=O)c3ccccc3)[C@@H](OC(=O)c3ccccc3)[C@H](OC(=O)c3ccccc3)[C@@H]2OC(=O)c2ccccc2)[C@@H]1OCc1ccccc1. The smallest absolute Gasteiger partial charge is 0.338 e. The molecule has 4 aliphatic heterocycles. The van der Waals surface area contributed by atoms with Gasteiger partial charge >= 0.3 is 89.5 Å². The van der Waals surface area contributed by atoms with Gasteiger partial charge in [-0.1, -0.05) is 194 Å². The topological polar surface area (TPSA) is 468 Å². The number of esters is 15. The molecule has 0 saturated carbocycles. The van der Waals surface area contributed by atoms with Crippen LogP contribution >= 0.6 is 23.4 Å². The molecule has 10 aromatic rings.